The maximum atomic E-state index is 9.36. The summed E-state index contributed by atoms with van der Waals surface area (Å²) < 4.78 is 128. The minimum absolute atomic E-state index is 0.155. The van der Waals surface area contributed by atoms with Gasteiger partial charge in [0.2, 0.25) is 0 Å². The summed E-state index contributed by atoms with van der Waals surface area (Å²) in [5.41, 5.74) is 0.747. The molecule has 0 fully saturated rings. The van der Waals surface area contributed by atoms with Gasteiger partial charge in [-0.1, -0.05) is 127 Å². The molecule has 1 unspecified atom stereocenters. The van der Waals surface area contributed by atoms with Crippen LogP contribution in [0.5, 0.6) is 0 Å². The van der Waals surface area contributed by atoms with E-state index in [4.69, 9.17) is 29.8 Å². The first-order valence-electron chi connectivity index (χ1n) is 21.6. The van der Waals surface area contributed by atoms with Crippen LogP contribution in [0.3, 0.4) is 0 Å². The van der Waals surface area contributed by atoms with Crippen molar-refractivity contribution >= 4 is 66.3 Å². The van der Waals surface area contributed by atoms with E-state index in [0.717, 1.165) is 10.8 Å². The molecule has 2 aromatic heterocycles. The van der Waals surface area contributed by atoms with Crippen LogP contribution >= 0.6 is 0 Å². The molecule has 1 atom stereocenters. The standard InChI is InChI=1S/C43H27N3O2/c1-2-12-26(13-3-1)41-44-42(46-43(45-41)34-21-11-25-38-40(34)33-15-5-7-23-36(33)48-38)31-20-9-16-27-28(17-8-18-29(27)31)30-19-10-24-37-39(30)32-14-4-6-22-35(32)47-37/h1-25,42H,(H,44,45,46)/i4D,6D,8D,9D,10D,14D,16D,17D,18D,19D,20D,22D,24D. The molecular formula is C43H27N3O2. The second-order valence-corrected chi connectivity index (χ2v) is 11.1. The fourth-order valence-electron chi connectivity index (χ4n) is 6.32. The average molecular weight is 631 g/mol. The van der Waals surface area contributed by atoms with Crippen molar-refractivity contribution in [1.29, 1.82) is 0 Å². The Hall–Kier alpha value is -6.46. The van der Waals surface area contributed by atoms with Crippen molar-refractivity contribution in [3.8, 4) is 11.1 Å². The van der Waals surface area contributed by atoms with E-state index in [1.165, 1.54) is 0 Å². The molecule has 3 heterocycles. The molecule has 48 heavy (non-hydrogen) atoms. The number of fused-ring (bicyclic) bond motifs is 7. The van der Waals surface area contributed by atoms with Crippen molar-refractivity contribution < 1.29 is 26.7 Å². The maximum absolute atomic E-state index is 9.36. The Balaban J connectivity index is 1.35. The summed E-state index contributed by atoms with van der Waals surface area (Å²) >= 11 is 0. The van der Waals surface area contributed by atoms with Gasteiger partial charge in [0.25, 0.3) is 0 Å². The Labute approximate surface area is 293 Å². The molecule has 5 nitrogen and oxygen atoms in total. The molecule has 0 bridgehead atoms. The fourth-order valence-corrected chi connectivity index (χ4v) is 6.32. The smallest absolute Gasteiger partial charge is 0.170 e. The highest BCUT2D eigenvalue weighted by Crippen LogP contribution is 2.41. The summed E-state index contributed by atoms with van der Waals surface area (Å²) in [6.45, 7) is 0. The van der Waals surface area contributed by atoms with Crippen molar-refractivity contribution in [2.75, 3.05) is 0 Å². The predicted molar refractivity (Wildman–Crippen MR) is 196 cm³/mol. The highest BCUT2D eigenvalue weighted by molar-refractivity contribution is 6.23. The lowest BCUT2D eigenvalue weighted by atomic mass is 9.92. The molecule has 0 radical (unpaired) electrons. The van der Waals surface area contributed by atoms with Gasteiger partial charge in [-0.2, -0.15) is 0 Å². The third-order valence-electron chi connectivity index (χ3n) is 8.43. The van der Waals surface area contributed by atoms with Crippen LogP contribution in [0.25, 0.3) is 65.8 Å². The number of furan rings is 2. The third-order valence-corrected chi connectivity index (χ3v) is 8.43. The molecule has 0 spiro atoms. The normalized spacial score (nSPS) is 18.7. The molecule has 1 aliphatic heterocycles. The van der Waals surface area contributed by atoms with E-state index in [2.05, 4.69) is 5.32 Å². The number of para-hydroxylation sites is 2. The van der Waals surface area contributed by atoms with E-state index in [9.17, 15) is 6.85 Å². The molecule has 226 valence electrons. The number of nitrogens with zero attached hydrogens (tertiary/aromatic N) is 2. The second-order valence-electron chi connectivity index (χ2n) is 11.1. The first kappa shape index (κ1) is 16.9. The Morgan fingerprint density at radius 1 is 0.479 bits per heavy atom. The minimum Gasteiger partial charge on any atom is -0.456 e. The van der Waals surface area contributed by atoms with Crippen molar-refractivity contribution in [1.82, 2.24) is 5.32 Å². The maximum Gasteiger partial charge on any atom is 0.170 e. The predicted octanol–water partition coefficient (Wildman–Crippen LogP) is 10.8. The molecular weight excluding hydrogens is 590 g/mol. The minimum atomic E-state index is -1.40. The van der Waals surface area contributed by atoms with E-state index in [0.29, 0.717) is 34.0 Å². The molecule has 1 N–H and O–H groups in total. The van der Waals surface area contributed by atoms with Gasteiger partial charge in [0.15, 0.2) is 6.17 Å². The zero-order valence-electron chi connectivity index (χ0n) is 37.7. The molecule has 0 aliphatic carbocycles. The van der Waals surface area contributed by atoms with Crippen LogP contribution in [0, 0.1) is 0 Å². The van der Waals surface area contributed by atoms with Gasteiger partial charge < -0.3 is 14.2 Å². The summed E-state index contributed by atoms with van der Waals surface area (Å²) in [5, 5.41) is 3.80. The molecule has 0 saturated carbocycles. The van der Waals surface area contributed by atoms with E-state index in [-0.39, 0.29) is 38.3 Å². The van der Waals surface area contributed by atoms with Crippen LogP contribution in [-0.2, 0) is 0 Å². The van der Waals surface area contributed by atoms with E-state index < -0.39 is 95.9 Å². The van der Waals surface area contributed by atoms with Gasteiger partial charge in [-0.15, -0.1) is 0 Å². The number of hydrogen-bond acceptors (Lipinski definition) is 5. The summed E-state index contributed by atoms with van der Waals surface area (Å²) in [5.74, 6) is 0.600. The molecule has 9 aromatic rings. The van der Waals surface area contributed by atoms with Crippen molar-refractivity contribution in [3.05, 3.63) is 168 Å². The second kappa shape index (κ2) is 10.5. The summed E-state index contributed by atoms with van der Waals surface area (Å²) in [6, 6.07) is 13.7. The summed E-state index contributed by atoms with van der Waals surface area (Å²) in [4.78, 5) is 9.92. The number of nitrogens with one attached hydrogen (secondary N) is 1. The van der Waals surface area contributed by atoms with Gasteiger partial charge >= 0.3 is 0 Å². The van der Waals surface area contributed by atoms with Crippen LogP contribution < -0.4 is 5.32 Å². The van der Waals surface area contributed by atoms with Gasteiger partial charge in [-0.25, -0.2) is 9.98 Å². The largest absolute Gasteiger partial charge is 0.456 e. The van der Waals surface area contributed by atoms with Crippen molar-refractivity contribution in [3.63, 3.8) is 0 Å². The van der Waals surface area contributed by atoms with Crippen LogP contribution in [-0.4, -0.2) is 11.7 Å². The van der Waals surface area contributed by atoms with E-state index >= 15 is 0 Å². The van der Waals surface area contributed by atoms with Gasteiger partial charge in [-0.3, -0.25) is 0 Å². The van der Waals surface area contributed by atoms with Crippen LogP contribution in [0.4, 0.5) is 0 Å². The van der Waals surface area contributed by atoms with E-state index in [1.807, 2.05) is 66.7 Å². The zero-order chi connectivity index (χ0) is 42.9. The average Bonchev–Trinajstić information content (AvgIpc) is 3.86. The van der Waals surface area contributed by atoms with Gasteiger partial charge in [0.1, 0.15) is 34.0 Å². The summed E-state index contributed by atoms with van der Waals surface area (Å²) in [6.07, 6.45) is -1.40. The molecule has 1 aliphatic rings. The van der Waals surface area contributed by atoms with E-state index in [1.54, 1.807) is 6.07 Å². The zero-order valence-corrected chi connectivity index (χ0v) is 24.7. The molecule has 7 aromatic carbocycles. The topological polar surface area (TPSA) is 63.0 Å². The fraction of sp³-hybridized carbons (Fsp3) is 0.0233. The SMILES string of the molecule is [2H]c1c([2H])c([2H])c2c(oc3c([2H])c([2H])c([2H])c(-c4c([2H])c([2H])c([2H])c5c(C6N=C(c7ccccc7)NC(c7cccc8oc9ccccc9c78)=N6)c([2H])c([2H])c([2H])c45)c32)c1[2H]. The highest BCUT2D eigenvalue weighted by Gasteiger charge is 2.25. The Morgan fingerprint density at radius 2 is 1.17 bits per heavy atom. The highest BCUT2D eigenvalue weighted by atomic mass is 16.3. The van der Waals surface area contributed by atoms with Gasteiger partial charge in [0.05, 0.1) is 17.8 Å². The van der Waals surface area contributed by atoms with Gasteiger partial charge in [0, 0.05) is 38.2 Å². The monoisotopic (exact) mass is 630 g/mol. The Kier molecular flexibility index (Phi) is 3.71. The van der Waals surface area contributed by atoms with Gasteiger partial charge in [-0.05, 0) is 46.1 Å². The lowest BCUT2D eigenvalue weighted by Crippen LogP contribution is -2.36. The van der Waals surface area contributed by atoms with Crippen molar-refractivity contribution in [2.45, 2.75) is 6.17 Å². The lowest BCUT2D eigenvalue weighted by Gasteiger charge is -2.24. The quantitative estimate of drug-likeness (QED) is 0.210. The number of benzene rings is 7. The van der Waals surface area contributed by atoms with Crippen LogP contribution in [0.2, 0.25) is 0 Å². The lowest BCUT2D eigenvalue weighted by molar-refractivity contribution is 0.668. The first-order valence-corrected chi connectivity index (χ1v) is 15.1. The molecule has 5 heteroatoms. The van der Waals surface area contributed by atoms with Crippen LogP contribution in [0.1, 0.15) is 40.7 Å². The number of rotatable bonds is 4. The Morgan fingerprint density at radius 3 is 2.12 bits per heavy atom. The number of hydrogen-bond donors (Lipinski definition) is 1. The summed E-state index contributed by atoms with van der Waals surface area (Å²) in [7, 11) is 0. The van der Waals surface area contributed by atoms with Crippen LogP contribution in [0.15, 0.2) is 170 Å². The molecule has 0 amide bonds. The van der Waals surface area contributed by atoms with Crippen molar-refractivity contribution in [2.24, 2.45) is 9.98 Å². The molecule has 10 rings (SSSR count). The number of amidine groups is 2. The first-order chi connectivity index (χ1) is 29.2. The molecule has 0 saturated heterocycles. The third kappa shape index (κ3) is 4.11. The number of aliphatic imine (C=N–C) groups is 2. The Bertz CT molecular complexity index is 3510.